The van der Waals surface area contributed by atoms with Crippen molar-refractivity contribution in [3.8, 4) is 11.8 Å². The molecule has 0 atom stereocenters. The summed E-state index contributed by atoms with van der Waals surface area (Å²) in [7, 11) is 0. The van der Waals surface area contributed by atoms with Crippen LogP contribution in [0.5, 0.6) is 5.75 Å². The zero-order valence-electron chi connectivity index (χ0n) is 12.2. The number of benzene rings is 2. The molecule has 0 aliphatic rings. The number of thiazole rings is 1. The van der Waals surface area contributed by atoms with E-state index in [4.69, 9.17) is 4.74 Å². The molecule has 4 nitrogen and oxygen atoms in total. The number of hydrogen-bond acceptors (Lipinski definition) is 5. The first-order chi connectivity index (χ1) is 10.8. The lowest BCUT2D eigenvalue weighted by Crippen LogP contribution is -1.95. The average Bonchev–Trinajstić information content (AvgIpc) is 2.96. The monoisotopic (exact) mass is 309 g/mol. The number of rotatable bonds is 5. The van der Waals surface area contributed by atoms with Crippen molar-refractivity contribution in [1.82, 2.24) is 4.98 Å². The third-order valence-electron chi connectivity index (χ3n) is 3.16. The summed E-state index contributed by atoms with van der Waals surface area (Å²) in [5.74, 6) is 0.668. The highest BCUT2D eigenvalue weighted by atomic mass is 32.1. The van der Waals surface area contributed by atoms with E-state index in [9.17, 15) is 5.26 Å². The van der Waals surface area contributed by atoms with Crippen LogP contribution in [0.3, 0.4) is 0 Å². The van der Waals surface area contributed by atoms with Gasteiger partial charge in [-0.25, -0.2) is 4.98 Å². The van der Waals surface area contributed by atoms with Crippen LogP contribution in [0, 0.1) is 11.3 Å². The highest BCUT2D eigenvalue weighted by Crippen LogP contribution is 2.32. The number of nitrogens with one attached hydrogen (secondary N) is 1. The molecule has 1 aromatic heterocycles. The average molecular weight is 309 g/mol. The normalized spacial score (nSPS) is 10.4. The molecule has 2 aromatic carbocycles. The molecule has 0 saturated carbocycles. The van der Waals surface area contributed by atoms with E-state index in [0.717, 1.165) is 27.5 Å². The van der Waals surface area contributed by atoms with Gasteiger partial charge >= 0.3 is 0 Å². The van der Waals surface area contributed by atoms with E-state index in [-0.39, 0.29) is 0 Å². The SMILES string of the molecule is CCNc1nc2cc(OCc3ccccc3)cc(C#N)c2s1. The van der Waals surface area contributed by atoms with Crippen molar-refractivity contribution in [2.24, 2.45) is 0 Å². The van der Waals surface area contributed by atoms with E-state index in [1.165, 1.54) is 11.3 Å². The first-order valence-corrected chi connectivity index (χ1v) is 7.87. The van der Waals surface area contributed by atoms with Gasteiger partial charge in [-0.1, -0.05) is 41.7 Å². The molecular weight excluding hydrogens is 294 g/mol. The van der Waals surface area contributed by atoms with Gasteiger partial charge in [0, 0.05) is 12.6 Å². The molecule has 3 rings (SSSR count). The largest absolute Gasteiger partial charge is 0.489 e. The van der Waals surface area contributed by atoms with Crippen molar-refractivity contribution < 1.29 is 4.74 Å². The zero-order chi connectivity index (χ0) is 15.4. The van der Waals surface area contributed by atoms with Gasteiger partial charge in [-0.15, -0.1) is 0 Å². The van der Waals surface area contributed by atoms with E-state index in [0.29, 0.717) is 17.9 Å². The van der Waals surface area contributed by atoms with Crippen molar-refractivity contribution in [3.05, 3.63) is 53.6 Å². The van der Waals surface area contributed by atoms with Crippen molar-refractivity contribution in [1.29, 1.82) is 5.26 Å². The molecule has 1 heterocycles. The number of hydrogen-bond donors (Lipinski definition) is 1. The van der Waals surface area contributed by atoms with Crippen LogP contribution in [0.2, 0.25) is 0 Å². The molecule has 22 heavy (non-hydrogen) atoms. The lowest BCUT2D eigenvalue weighted by molar-refractivity contribution is 0.306. The smallest absolute Gasteiger partial charge is 0.183 e. The Balaban J connectivity index is 1.88. The van der Waals surface area contributed by atoms with Gasteiger partial charge in [-0.2, -0.15) is 5.26 Å². The van der Waals surface area contributed by atoms with Crippen molar-refractivity contribution in [3.63, 3.8) is 0 Å². The van der Waals surface area contributed by atoms with Crippen LogP contribution in [0.1, 0.15) is 18.1 Å². The summed E-state index contributed by atoms with van der Waals surface area (Å²) in [6, 6.07) is 15.8. The minimum absolute atomic E-state index is 0.474. The second kappa shape index (κ2) is 6.46. The van der Waals surface area contributed by atoms with Gasteiger partial charge in [0.15, 0.2) is 5.13 Å². The second-order valence-corrected chi connectivity index (χ2v) is 5.75. The van der Waals surface area contributed by atoms with Crippen LogP contribution in [0.25, 0.3) is 10.2 Å². The Kier molecular flexibility index (Phi) is 4.22. The molecule has 0 unspecified atom stereocenters. The number of aromatic nitrogens is 1. The zero-order valence-corrected chi connectivity index (χ0v) is 13.0. The van der Waals surface area contributed by atoms with E-state index in [1.807, 2.05) is 43.3 Å². The molecular formula is C17H15N3OS. The first-order valence-electron chi connectivity index (χ1n) is 7.05. The van der Waals surface area contributed by atoms with Crippen LogP contribution in [0.4, 0.5) is 5.13 Å². The summed E-state index contributed by atoms with van der Waals surface area (Å²) >= 11 is 1.50. The van der Waals surface area contributed by atoms with Crippen LogP contribution >= 0.6 is 11.3 Å². The quantitative estimate of drug-likeness (QED) is 0.768. The molecule has 0 amide bonds. The maximum absolute atomic E-state index is 9.34. The molecule has 0 fully saturated rings. The molecule has 1 N–H and O–H groups in total. The van der Waals surface area contributed by atoms with Crippen molar-refractivity contribution in [2.75, 3.05) is 11.9 Å². The Hall–Kier alpha value is -2.58. The predicted molar refractivity (Wildman–Crippen MR) is 89.3 cm³/mol. The molecule has 0 aliphatic carbocycles. The minimum atomic E-state index is 0.474. The number of ether oxygens (including phenoxy) is 1. The molecule has 0 aliphatic heterocycles. The van der Waals surface area contributed by atoms with Crippen LogP contribution in [-0.4, -0.2) is 11.5 Å². The minimum Gasteiger partial charge on any atom is -0.489 e. The highest BCUT2D eigenvalue weighted by molar-refractivity contribution is 7.22. The molecule has 3 aromatic rings. The first kappa shape index (κ1) is 14.4. The van der Waals surface area contributed by atoms with Gasteiger partial charge in [-0.3, -0.25) is 0 Å². The highest BCUT2D eigenvalue weighted by Gasteiger charge is 2.10. The van der Waals surface area contributed by atoms with E-state index >= 15 is 0 Å². The molecule has 0 saturated heterocycles. The van der Waals surface area contributed by atoms with E-state index in [2.05, 4.69) is 16.4 Å². The van der Waals surface area contributed by atoms with Crippen LogP contribution < -0.4 is 10.1 Å². The molecule has 0 bridgehead atoms. The maximum Gasteiger partial charge on any atom is 0.183 e. The fraction of sp³-hybridized carbons (Fsp3) is 0.176. The standard InChI is InChI=1S/C17H15N3OS/c1-2-19-17-20-15-9-14(8-13(10-18)16(15)22-17)21-11-12-6-4-3-5-7-12/h3-9H,2,11H2,1H3,(H,19,20). The van der Waals surface area contributed by atoms with Crippen molar-refractivity contribution in [2.45, 2.75) is 13.5 Å². The molecule has 5 heteroatoms. The number of nitriles is 1. The van der Waals surface area contributed by atoms with E-state index < -0.39 is 0 Å². The summed E-state index contributed by atoms with van der Waals surface area (Å²) in [6.45, 7) is 3.30. The fourth-order valence-electron chi connectivity index (χ4n) is 2.14. The summed E-state index contributed by atoms with van der Waals surface area (Å²) in [5.41, 5.74) is 2.48. The topological polar surface area (TPSA) is 57.9 Å². The number of fused-ring (bicyclic) bond motifs is 1. The molecule has 110 valence electrons. The third-order valence-corrected chi connectivity index (χ3v) is 4.22. The lowest BCUT2D eigenvalue weighted by Gasteiger charge is -2.06. The summed E-state index contributed by atoms with van der Waals surface area (Å²) in [4.78, 5) is 4.50. The second-order valence-electron chi connectivity index (χ2n) is 4.75. The Morgan fingerprint density at radius 3 is 2.82 bits per heavy atom. The predicted octanol–water partition coefficient (Wildman–Crippen LogP) is 4.18. The van der Waals surface area contributed by atoms with Crippen LogP contribution in [0.15, 0.2) is 42.5 Å². The molecule has 0 spiro atoms. The van der Waals surface area contributed by atoms with Gasteiger partial charge in [0.2, 0.25) is 0 Å². The third kappa shape index (κ3) is 3.02. The van der Waals surface area contributed by atoms with Gasteiger partial charge in [-0.05, 0) is 18.6 Å². The van der Waals surface area contributed by atoms with Gasteiger partial charge < -0.3 is 10.1 Å². The number of nitrogens with zero attached hydrogens (tertiary/aromatic N) is 2. The number of anilines is 1. The summed E-state index contributed by atoms with van der Waals surface area (Å²) in [6.07, 6.45) is 0. The van der Waals surface area contributed by atoms with Gasteiger partial charge in [0.05, 0.1) is 15.8 Å². The Bertz CT molecular complexity index is 821. The van der Waals surface area contributed by atoms with Gasteiger partial charge in [0.1, 0.15) is 18.4 Å². The van der Waals surface area contributed by atoms with Crippen LogP contribution in [-0.2, 0) is 6.61 Å². The fourth-order valence-corrected chi connectivity index (χ4v) is 3.12. The summed E-state index contributed by atoms with van der Waals surface area (Å²) in [5, 5.41) is 13.3. The van der Waals surface area contributed by atoms with E-state index in [1.54, 1.807) is 6.07 Å². The molecule has 0 radical (unpaired) electrons. The Morgan fingerprint density at radius 2 is 2.09 bits per heavy atom. The maximum atomic E-state index is 9.34. The van der Waals surface area contributed by atoms with Gasteiger partial charge in [0.25, 0.3) is 0 Å². The van der Waals surface area contributed by atoms with Crippen molar-refractivity contribution >= 4 is 26.7 Å². The lowest BCUT2D eigenvalue weighted by atomic mass is 10.2. The summed E-state index contributed by atoms with van der Waals surface area (Å²) < 4.78 is 6.70. The Morgan fingerprint density at radius 1 is 1.27 bits per heavy atom. The Labute approximate surface area is 133 Å².